The second kappa shape index (κ2) is 15.1. The van der Waals surface area contributed by atoms with Gasteiger partial charge in [0.05, 0.1) is 12.2 Å². The van der Waals surface area contributed by atoms with Crippen molar-refractivity contribution in [3.8, 4) is 16.9 Å². The van der Waals surface area contributed by atoms with Crippen LogP contribution in [0.1, 0.15) is 126 Å². The highest BCUT2D eigenvalue weighted by Crippen LogP contribution is 2.40. The number of unbranched alkanes of at least 4 members (excludes halogenated alkanes) is 7. The van der Waals surface area contributed by atoms with E-state index in [1.807, 2.05) is 6.07 Å². The summed E-state index contributed by atoms with van der Waals surface area (Å²) >= 11 is 0. The number of rotatable bonds is 15. The van der Waals surface area contributed by atoms with Crippen LogP contribution >= 0.6 is 0 Å². The highest BCUT2D eigenvalue weighted by atomic mass is 19.2. The Kier molecular flexibility index (Phi) is 11.9. The monoisotopic (exact) mass is 514 g/mol. The van der Waals surface area contributed by atoms with Gasteiger partial charge in [-0.15, -0.1) is 0 Å². The average Bonchev–Trinajstić information content (AvgIpc) is 2.90. The molecule has 204 valence electrons. The van der Waals surface area contributed by atoms with Crippen LogP contribution in [0.3, 0.4) is 0 Å². The third-order valence-electron chi connectivity index (χ3n) is 7.90. The van der Waals surface area contributed by atoms with Crippen molar-refractivity contribution in [2.45, 2.75) is 110 Å². The minimum Gasteiger partial charge on any atom is -0.490 e. The topological polar surface area (TPSA) is 46.5 Å². The van der Waals surface area contributed by atoms with Gasteiger partial charge in [0.25, 0.3) is 0 Å². The smallest absolute Gasteiger partial charge is 0.336 e. The summed E-state index contributed by atoms with van der Waals surface area (Å²) in [5, 5.41) is 9.76. The Labute approximate surface area is 221 Å². The predicted octanol–water partition coefficient (Wildman–Crippen LogP) is 9.92. The van der Waals surface area contributed by atoms with Crippen LogP contribution in [0.5, 0.6) is 5.75 Å². The summed E-state index contributed by atoms with van der Waals surface area (Å²) in [6, 6.07) is 8.03. The molecule has 1 N–H and O–H groups in total. The molecule has 1 fully saturated rings. The highest BCUT2D eigenvalue weighted by Gasteiger charge is 2.25. The van der Waals surface area contributed by atoms with Crippen molar-refractivity contribution in [3.05, 3.63) is 53.1 Å². The van der Waals surface area contributed by atoms with Crippen molar-refractivity contribution < 1.29 is 23.4 Å². The Balaban J connectivity index is 1.71. The van der Waals surface area contributed by atoms with Gasteiger partial charge in [-0.05, 0) is 79.3 Å². The van der Waals surface area contributed by atoms with E-state index in [4.69, 9.17) is 4.74 Å². The van der Waals surface area contributed by atoms with E-state index in [1.54, 1.807) is 12.1 Å². The van der Waals surface area contributed by atoms with Crippen molar-refractivity contribution in [1.82, 2.24) is 0 Å². The Morgan fingerprint density at radius 3 is 2.22 bits per heavy atom. The maximum absolute atomic E-state index is 15.2. The molecule has 37 heavy (non-hydrogen) atoms. The maximum atomic E-state index is 15.2. The standard InChI is InChI=1S/C32H44F2O3/c1-3-5-7-8-9-11-21-37-29-20-19-26(30(33)31(29)34)28-22-25(17-18-27(28)32(35)36)24-15-13-23(14-16-24)12-10-6-4-2/h17-20,22-24H,3-16,21H2,1-2H3,(H,35,36)/t23-,24-. The molecule has 0 bridgehead atoms. The molecule has 2 aromatic carbocycles. The zero-order valence-corrected chi connectivity index (χ0v) is 22.7. The van der Waals surface area contributed by atoms with Crippen molar-refractivity contribution in [3.63, 3.8) is 0 Å². The normalized spacial score (nSPS) is 17.6. The molecule has 3 nitrogen and oxygen atoms in total. The number of carboxylic acid groups (broad SMARTS) is 1. The van der Waals surface area contributed by atoms with Gasteiger partial charge in [0.1, 0.15) is 0 Å². The molecule has 1 saturated carbocycles. The van der Waals surface area contributed by atoms with Crippen LogP contribution in [0.25, 0.3) is 11.1 Å². The number of benzene rings is 2. The average molecular weight is 515 g/mol. The first-order valence-corrected chi connectivity index (χ1v) is 14.4. The van der Waals surface area contributed by atoms with E-state index in [0.29, 0.717) is 12.5 Å². The minimum atomic E-state index is -1.15. The molecule has 1 aliphatic rings. The number of hydrogen-bond donors (Lipinski definition) is 1. The van der Waals surface area contributed by atoms with Gasteiger partial charge >= 0.3 is 5.97 Å². The zero-order valence-electron chi connectivity index (χ0n) is 22.7. The van der Waals surface area contributed by atoms with Gasteiger partial charge in [0, 0.05) is 5.56 Å². The van der Waals surface area contributed by atoms with E-state index in [0.717, 1.165) is 56.4 Å². The Morgan fingerprint density at radius 1 is 0.838 bits per heavy atom. The molecule has 0 amide bonds. The summed E-state index contributed by atoms with van der Waals surface area (Å²) in [4.78, 5) is 11.9. The van der Waals surface area contributed by atoms with Crippen LogP contribution in [0.4, 0.5) is 8.78 Å². The van der Waals surface area contributed by atoms with Gasteiger partial charge in [0.15, 0.2) is 11.6 Å². The first kappa shape index (κ1) is 29.1. The molecular weight excluding hydrogens is 470 g/mol. The van der Waals surface area contributed by atoms with E-state index in [-0.39, 0.29) is 22.4 Å². The van der Waals surface area contributed by atoms with Crippen LogP contribution < -0.4 is 4.74 Å². The van der Waals surface area contributed by atoms with Crippen molar-refractivity contribution in [1.29, 1.82) is 0 Å². The Morgan fingerprint density at radius 2 is 1.51 bits per heavy atom. The minimum absolute atomic E-state index is 0.0175. The fraction of sp³-hybridized carbons (Fsp3) is 0.594. The van der Waals surface area contributed by atoms with Gasteiger partial charge in [-0.1, -0.05) is 77.7 Å². The summed E-state index contributed by atoms with van der Waals surface area (Å²) in [5.41, 5.74) is 1.19. The quantitative estimate of drug-likeness (QED) is 0.241. The fourth-order valence-electron chi connectivity index (χ4n) is 5.61. The molecule has 0 atom stereocenters. The molecule has 2 aromatic rings. The predicted molar refractivity (Wildman–Crippen MR) is 146 cm³/mol. The number of ether oxygens (including phenoxy) is 1. The Hall–Kier alpha value is -2.43. The Bertz CT molecular complexity index is 996. The van der Waals surface area contributed by atoms with E-state index in [2.05, 4.69) is 13.8 Å². The SMILES string of the molecule is CCCCCCCCOc1ccc(-c2cc([C@H]3CC[C@H](CCCCC)CC3)ccc2C(=O)O)c(F)c1F. The molecule has 0 spiro atoms. The molecular formula is C32H44F2O3. The molecule has 0 aromatic heterocycles. The number of hydrogen-bond acceptors (Lipinski definition) is 2. The van der Waals surface area contributed by atoms with Gasteiger partial charge in [-0.3, -0.25) is 0 Å². The second-order valence-corrected chi connectivity index (χ2v) is 10.7. The molecule has 0 aliphatic heterocycles. The molecule has 0 heterocycles. The van der Waals surface area contributed by atoms with E-state index in [9.17, 15) is 14.3 Å². The molecule has 0 radical (unpaired) electrons. The first-order valence-electron chi connectivity index (χ1n) is 14.4. The fourth-order valence-corrected chi connectivity index (χ4v) is 5.61. The highest BCUT2D eigenvalue weighted by molar-refractivity contribution is 5.96. The lowest BCUT2D eigenvalue weighted by Crippen LogP contribution is -2.14. The molecule has 1 aliphatic carbocycles. The second-order valence-electron chi connectivity index (χ2n) is 10.7. The number of carboxylic acids is 1. The van der Waals surface area contributed by atoms with Crippen LogP contribution in [0.2, 0.25) is 0 Å². The number of carbonyl (C=O) groups is 1. The molecule has 0 saturated heterocycles. The zero-order chi connectivity index (χ0) is 26.6. The maximum Gasteiger partial charge on any atom is 0.336 e. The lowest BCUT2D eigenvalue weighted by molar-refractivity contribution is 0.0697. The lowest BCUT2D eigenvalue weighted by Gasteiger charge is -2.29. The third kappa shape index (κ3) is 8.28. The van der Waals surface area contributed by atoms with Crippen LogP contribution in [-0.4, -0.2) is 17.7 Å². The van der Waals surface area contributed by atoms with Crippen LogP contribution in [0.15, 0.2) is 30.3 Å². The van der Waals surface area contributed by atoms with Crippen molar-refractivity contribution in [2.75, 3.05) is 6.61 Å². The van der Waals surface area contributed by atoms with Crippen molar-refractivity contribution in [2.24, 2.45) is 5.92 Å². The van der Waals surface area contributed by atoms with Gasteiger partial charge < -0.3 is 9.84 Å². The summed E-state index contributed by atoms with van der Waals surface area (Å²) in [7, 11) is 0. The molecule has 0 unspecified atom stereocenters. The van der Waals surface area contributed by atoms with E-state index >= 15 is 4.39 Å². The van der Waals surface area contributed by atoms with Crippen molar-refractivity contribution >= 4 is 5.97 Å². The summed E-state index contributed by atoms with van der Waals surface area (Å²) in [6.07, 6.45) is 16.0. The molecule has 3 rings (SSSR count). The summed E-state index contributed by atoms with van der Waals surface area (Å²) in [6.45, 7) is 4.72. The molecule has 5 heteroatoms. The summed E-state index contributed by atoms with van der Waals surface area (Å²) < 4.78 is 35.7. The lowest BCUT2D eigenvalue weighted by atomic mass is 9.76. The third-order valence-corrected chi connectivity index (χ3v) is 7.90. The number of aromatic carboxylic acids is 1. The van der Waals surface area contributed by atoms with Crippen LogP contribution in [-0.2, 0) is 0 Å². The van der Waals surface area contributed by atoms with Gasteiger partial charge in [-0.2, -0.15) is 4.39 Å². The number of halogens is 2. The van der Waals surface area contributed by atoms with Crippen LogP contribution in [0, 0.1) is 17.6 Å². The van der Waals surface area contributed by atoms with Gasteiger partial charge in [0.2, 0.25) is 5.82 Å². The largest absolute Gasteiger partial charge is 0.490 e. The van der Waals surface area contributed by atoms with E-state index in [1.165, 1.54) is 57.1 Å². The first-order chi connectivity index (χ1) is 18.0. The summed E-state index contributed by atoms with van der Waals surface area (Å²) in [5.74, 6) is -2.31. The van der Waals surface area contributed by atoms with Gasteiger partial charge in [-0.25, -0.2) is 9.18 Å². The van der Waals surface area contributed by atoms with E-state index < -0.39 is 17.6 Å².